The number of carbonyl (C=O) groups is 1. The van der Waals surface area contributed by atoms with Crippen LogP contribution in [0, 0.1) is 0 Å². The summed E-state index contributed by atoms with van der Waals surface area (Å²) < 4.78 is 0. The zero-order chi connectivity index (χ0) is 14.8. The number of nitrogens with zero attached hydrogens (tertiary/aromatic N) is 1. The molecule has 0 aliphatic carbocycles. The Hall–Kier alpha value is -2.36. The van der Waals surface area contributed by atoms with Crippen LogP contribution in [0.5, 0.6) is 0 Å². The zero-order valence-electron chi connectivity index (χ0n) is 12.0. The smallest absolute Gasteiger partial charge is 0.259 e. The van der Waals surface area contributed by atoms with Crippen molar-refractivity contribution in [2.24, 2.45) is 0 Å². The molecule has 20 heavy (non-hydrogen) atoms. The van der Waals surface area contributed by atoms with Crippen LogP contribution in [0.2, 0.25) is 0 Å². The van der Waals surface area contributed by atoms with E-state index in [0.717, 1.165) is 11.3 Å². The summed E-state index contributed by atoms with van der Waals surface area (Å²) in [6, 6.07) is 11.1. The van der Waals surface area contributed by atoms with Crippen molar-refractivity contribution in [3.8, 4) is 0 Å². The summed E-state index contributed by atoms with van der Waals surface area (Å²) in [4.78, 5) is 16.2. The number of pyridine rings is 1. The van der Waals surface area contributed by atoms with Gasteiger partial charge in [0.25, 0.3) is 5.91 Å². The molecule has 0 atom stereocenters. The Labute approximate surface area is 119 Å². The highest BCUT2D eigenvalue weighted by molar-refractivity contribution is 6.07. The first-order chi connectivity index (χ1) is 9.39. The van der Waals surface area contributed by atoms with Gasteiger partial charge in [-0.2, -0.15) is 0 Å². The maximum atomic E-state index is 12.3. The molecule has 0 saturated heterocycles. The number of hydrogen-bond acceptors (Lipinski definition) is 3. The summed E-state index contributed by atoms with van der Waals surface area (Å²) in [5.41, 5.74) is 7.94. The van der Waals surface area contributed by atoms with Crippen LogP contribution in [0.15, 0.2) is 42.6 Å². The highest BCUT2D eigenvalue weighted by Crippen LogP contribution is 2.29. The third kappa shape index (κ3) is 2.96. The molecule has 1 amide bonds. The van der Waals surface area contributed by atoms with Crippen LogP contribution in [0.3, 0.4) is 0 Å². The Morgan fingerprint density at radius 2 is 1.85 bits per heavy atom. The molecule has 0 unspecified atom stereocenters. The van der Waals surface area contributed by atoms with Gasteiger partial charge in [-0.25, -0.2) is 4.98 Å². The average Bonchev–Trinajstić information content (AvgIpc) is 2.38. The maximum absolute atomic E-state index is 12.3. The van der Waals surface area contributed by atoms with E-state index >= 15 is 0 Å². The van der Waals surface area contributed by atoms with E-state index in [-0.39, 0.29) is 17.1 Å². The number of nitrogens with two attached hydrogens (primary N) is 1. The first-order valence-electron chi connectivity index (χ1n) is 6.51. The second-order valence-corrected chi connectivity index (χ2v) is 5.69. The lowest BCUT2D eigenvalue weighted by atomic mass is 9.86. The van der Waals surface area contributed by atoms with Crippen molar-refractivity contribution in [3.05, 3.63) is 53.7 Å². The third-order valence-corrected chi connectivity index (χ3v) is 3.07. The predicted molar refractivity (Wildman–Crippen MR) is 81.7 cm³/mol. The molecule has 0 fully saturated rings. The van der Waals surface area contributed by atoms with Gasteiger partial charge in [0.05, 0.1) is 5.56 Å². The van der Waals surface area contributed by atoms with Crippen LogP contribution in [0.4, 0.5) is 11.5 Å². The van der Waals surface area contributed by atoms with Gasteiger partial charge in [0, 0.05) is 11.9 Å². The SMILES string of the molecule is CC(C)(C)c1ccccc1NC(=O)c1cccnc1N. The van der Waals surface area contributed by atoms with Crippen molar-refractivity contribution < 1.29 is 4.79 Å². The van der Waals surface area contributed by atoms with Gasteiger partial charge in [0.2, 0.25) is 0 Å². The van der Waals surface area contributed by atoms with Crippen LogP contribution in [-0.4, -0.2) is 10.9 Å². The number of nitrogen functional groups attached to an aromatic ring is 1. The molecule has 0 spiro atoms. The van der Waals surface area contributed by atoms with Gasteiger partial charge >= 0.3 is 0 Å². The molecule has 0 bridgehead atoms. The average molecular weight is 269 g/mol. The standard InChI is InChI=1S/C16H19N3O/c1-16(2,3)12-8-4-5-9-13(12)19-15(20)11-7-6-10-18-14(11)17/h4-10H,1-3H3,(H2,17,18)(H,19,20). The van der Waals surface area contributed by atoms with Crippen LogP contribution >= 0.6 is 0 Å². The molecule has 1 heterocycles. The number of benzene rings is 1. The molecule has 2 rings (SSSR count). The highest BCUT2D eigenvalue weighted by Gasteiger charge is 2.19. The Bertz CT molecular complexity index is 630. The quantitative estimate of drug-likeness (QED) is 0.879. The summed E-state index contributed by atoms with van der Waals surface area (Å²) in [6.07, 6.45) is 1.56. The number of rotatable bonds is 2. The number of para-hydroxylation sites is 1. The fourth-order valence-electron chi connectivity index (χ4n) is 2.05. The van der Waals surface area contributed by atoms with Gasteiger partial charge in [0.15, 0.2) is 0 Å². The molecule has 3 N–H and O–H groups in total. The number of nitrogens with one attached hydrogen (secondary N) is 1. The van der Waals surface area contributed by atoms with Gasteiger partial charge in [0.1, 0.15) is 5.82 Å². The van der Waals surface area contributed by atoms with Gasteiger partial charge in [-0.3, -0.25) is 4.79 Å². The minimum atomic E-state index is -0.243. The minimum Gasteiger partial charge on any atom is -0.383 e. The molecule has 0 radical (unpaired) electrons. The van der Waals surface area contributed by atoms with Crippen LogP contribution in [0.1, 0.15) is 36.7 Å². The first-order valence-corrected chi connectivity index (χ1v) is 6.51. The largest absolute Gasteiger partial charge is 0.383 e. The van der Waals surface area contributed by atoms with E-state index in [1.165, 1.54) is 0 Å². The second-order valence-electron chi connectivity index (χ2n) is 5.69. The molecule has 2 aromatic rings. The topological polar surface area (TPSA) is 68.0 Å². The summed E-state index contributed by atoms with van der Waals surface area (Å²) >= 11 is 0. The fourth-order valence-corrected chi connectivity index (χ4v) is 2.05. The Morgan fingerprint density at radius 1 is 1.15 bits per heavy atom. The predicted octanol–water partition coefficient (Wildman–Crippen LogP) is 3.21. The summed E-state index contributed by atoms with van der Waals surface area (Å²) in [7, 11) is 0. The maximum Gasteiger partial charge on any atom is 0.259 e. The number of anilines is 2. The molecular weight excluding hydrogens is 250 g/mol. The van der Waals surface area contributed by atoms with Gasteiger partial charge < -0.3 is 11.1 Å². The Kier molecular flexibility index (Phi) is 3.74. The lowest BCUT2D eigenvalue weighted by molar-refractivity contribution is 0.102. The molecule has 104 valence electrons. The van der Waals surface area contributed by atoms with Crippen molar-refractivity contribution in [3.63, 3.8) is 0 Å². The van der Waals surface area contributed by atoms with E-state index in [9.17, 15) is 4.79 Å². The Balaban J connectivity index is 2.32. The van der Waals surface area contributed by atoms with E-state index in [1.807, 2.05) is 24.3 Å². The van der Waals surface area contributed by atoms with Crippen molar-refractivity contribution >= 4 is 17.4 Å². The van der Waals surface area contributed by atoms with Crippen molar-refractivity contribution in [1.82, 2.24) is 4.98 Å². The molecule has 4 nitrogen and oxygen atoms in total. The van der Waals surface area contributed by atoms with E-state index in [0.29, 0.717) is 5.56 Å². The van der Waals surface area contributed by atoms with Crippen LogP contribution in [0.25, 0.3) is 0 Å². The molecular formula is C16H19N3O. The molecule has 1 aromatic carbocycles. The molecule has 0 saturated carbocycles. The van der Waals surface area contributed by atoms with E-state index in [1.54, 1.807) is 18.3 Å². The molecule has 0 aliphatic heterocycles. The minimum absolute atomic E-state index is 0.0512. The molecule has 4 heteroatoms. The van der Waals surface area contributed by atoms with Crippen molar-refractivity contribution in [2.45, 2.75) is 26.2 Å². The van der Waals surface area contributed by atoms with Crippen molar-refractivity contribution in [1.29, 1.82) is 0 Å². The third-order valence-electron chi connectivity index (χ3n) is 3.07. The molecule has 1 aromatic heterocycles. The number of aromatic nitrogens is 1. The van der Waals surface area contributed by atoms with Gasteiger partial charge in [-0.15, -0.1) is 0 Å². The summed E-state index contributed by atoms with van der Waals surface area (Å²) in [5, 5.41) is 2.92. The number of carbonyl (C=O) groups excluding carboxylic acids is 1. The van der Waals surface area contributed by atoms with E-state index in [4.69, 9.17) is 5.73 Å². The first kappa shape index (κ1) is 14.1. The number of amides is 1. The summed E-state index contributed by atoms with van der Waals surface area (Å²) in [5.74, 6) is -0.00876. The monoisotopic (exact) mass is 269 g/mol. The lowest BCUT2D eigenvalue weighted by Gasteiger charge is -2.23. The summed E-state index contributed by atoms with van der Waals surface area (Å²) in [6.45, 7) is 6.32. The zero-order valence-corrected chi connectivity index (χ0v) is 12.0. The van der Waals surface area contributed by atoms with Gasteiger partial charge in [-0.05, 0) is 29.2 Å². The normalized spacial score (nSPS) is 11.2. The lowest BCUT2D eigenvalue weighted by Crippen LogP contribution is -2.19. The fraction of sp³-hybridized carbons (Fsp3) is 0.250. The van der Waals surface area contributed by atoms with Crippen LogP contribution < -0.4 is 11.1 Å². The van der Waals surface area contributed by atoms with E-state index < -0.39 is 0 Å². The molecule has 0 aliphatic rings. The van der Waals surface area contributed by atoms with Crippen molar-refractivity contribution in [2.75, 3.05) is 11.1 Å². The highest BCUT2D eigenvalue weighted by atomic mass is 16.1. The second kappa shape index (κ2) is 5.33. The van der Waals surface area contributed by atoms with Crippen LogP contribution in [-0.2, 0) is 5.41 Å². The van der Waals surface area contributed by atoms with E-state index in [2.05, 4.69) is 31.1 Å². The number of hydrogen-bond donors (Lipinski definition) is 2. The Morgan fingerprint density at radius 3 is 2.50 bits per heavy atom. The van der Waals surface area contributed by atoms with Gasteiger partial charge in [-0.1, -0.05) is 39.0 Å².